The topological polar surface area (TPSA) is 75.3 Å². The molecule has 1 unspecified atom stereocenters. The van der Waals surface area contributed by atoms with E-state index in [4.69, 9.17) is 0 Å². The molecule has 0 saturated heterocycles. The van der Waals surface area contributed by atoms with E-state index in [0.717, 1.165) is 16.9 Å². The Kier molecular flexibility index (Phi) is 4.05. The van der Waals surface area contributed by atoms with Gasteiger partial charge in [-0.05, 0) is 37.0 Å². The number of fused-ring (bicyclic) bond motifs is 1. The first-order valence-corrected chi connectivity index (χ1v) is 7.08. The second kappa shape index (κ2) is 5.48. The number of rotatable bonds is 4. The quantitative estimate of drug-likeness (QED) is 0.907. The molecule has 0 amide bonds. The van der Waals surface area contributed by atoms with E-state index in [1.54, 1.807) is 18.2 Å². The van der Waals surface area contributed by atoms with Crippen molar-refractivity contribution in [3.8, 4) is 0 Å². The number of aliphatic hydroxyl groups excluding tert-OH is 1. The molecule has 2 rings (SSSR count). The maximum Gasteiger partial charge on any atom is 0.335 e. The minimum atomic E-state index is -0.947. The largest absolute Gasteiger partial charge is 0.478 e. The van der Waals surface area contributed by atoms with E-state index in [1.807, 2.05) is 6.92 Å². The lowest BCUT2D eigenvalue weighted by Crippen LogP contribution is -2.26. The van der Waals surface area contributed by atoms with Gasteiger partial charge in [0.2, 0.25) is 0 Å². The van der Waals surface area contributed by atoms with Gasteiger partial charge in [-0.15, -0.1) is 0 Å². The molecule has 1 aromatic carbocycles. The number of imidazole rings is 1. The van der Waals surface area contributed by atoms with Crippen molar-refractivity contribution in [3.63, 3.8) is 0 Å². The van der Waals surface area contributed by atoms with Crippen LogP contribution in [0.1, 0.15) is 49.4 Å². The molecule has 21 heavy (non-hydrogen) atoms. The summed E-state index contributed by atoms with van der Waals surface area (Å²) in [5, 5.41) is 18.6. The highest BCUT2D eigenvalue weighted by Gasteiger charge is 2.28. The lowest BCUT2D eigenvalue weighted by Gasteiger charge is -2.33. The molecule has 0 saturated carbocycles. The van der Waals surface area contributed by atoms with Gasteiger partial charge in [0.05, 0.1) is 16.6 Å². The van der Waals surface area contributed by atoms with Gasteiger partial charge in [-0.3, -0.25) is 0 Å². The minimum Gasteiger partial charge on any atom is -0.478 e. The smallest absolute Gasteiger partial charge is 0.335 e. The van der Waals surface area contributed by atoms with Gasteiger partial charge in [0, 0.05) is 12.6 Å². The van der Waals surface area contributed by atoms with Crippen LogP contribution in [0.5, 0.6) is 0 Å². The molecule has 0 bridgehead atoms. The molecule has 0 fully saturated rings. The zero-order valence-corrected chi connectivity index (χ0v) is 12.9. The van der Waals surface area contributed by atoms with Crippen molar-refractivity contribution in [2.24, 2.45) is 5.41 Å². The first-order valence-electron chi connectivity index (χ1n) is 7.08. The van der Waals surface area contributed by atoms with Crippen LogP contribution < -0.4 is 0 Å². The molecule has 0 aliphatic heterocycles. The summed E-state index contributed by atoms with van der Waals surface area (Å²) in [6, 6.07) is 5.02. The summed E-state index contributed by atoms with van der Waals surface area (Å²) in [6.45, 7) is 8.33. The molecule has 2 aromatic rings. The number of aromatic carboxylic acids is 1. The van der Waals surface area contributed by atoms with Crippen LogP contribution in [-0.4, -0.2) is 32.3 Å². The predicted molar refractivity (Wildman–Crippen MR) is 81.6 cm³/mol. The van der Waals surface area contributed by atoms with Crippen LogP contribution >= 0.6 is 0 Å². The third-order valence-corrected chi connectivity index (χ3v) is 3.83. The number of aromatic nitrogens is 2. The lowest BCUT2D eigenvalue weighted by molar-refractivity contribution is 0.0697. The Morgan fingerprint density at radius 2 is 2.05 bits per heavy atom. The van der Waals surface area contributed by atoms with Gasteiger partial charge in [-0.2, -0.15) is 0 Å². The molecule has 114 valence electrons. The maximum absolute atomic E-state index is 11.2. The normalized spacial score (nSPS) is 13.6. The first kappa shape index (κ1) is 15.5. The van der Waals surface area contributed by atoms with Crippen LogP contribution in [0.3, 0.4) is 0 Å². The Hall–Kier alpha value is -1.88. The third-order valence-electron chi connectivity index (χ3n) is 3.83. The Morgan fingerprint density at radius 1 is 1.38 bits per heavy atom. The lowest BCUT2D eigenvalue weighted by atomic mass is 9.84. The standard InChI is InChI=1S/C16H22N2O3/c1-10-17-12-6-5-11(15(20)21)9-13(12)18(10)14(7-8-19)16(2,3)4/h5-6,9,14,19H,7-8H2,1-4H3,(H,20,21). The van der Waals surface area contributed by atoms with Crippen molar-refractivity contribution < 1.29 is 15.0 Å². The summed E-state index contributed by atoms with van der Waals surface area (Å²) in [5.41, 5.74) is 1.77. The average Bonchev–Trinajstić information content (AvgIpc) is 2.69. The molecule has 0 radical (unpaired) electrons. The summed E-state index contributed by atoms with van der Waals surface area (Å²) >= 11 is 0. The Labute approximate surface area is 124 Å². The molecular formula is C16H22N2O3. The maximum atomic E-state index is 11.2. The second-order valence-corrected chi connectivity index (χ2v) is 6.43. The van der Waals surface area contributed by atoms with Gasteiger partial charge < -0.3 is 14.8 Å². The summed E-state index contributed by atoms with van der Waals surface area (Å²) < 4.78 is 2.05. The second-order valence-electron chi connectivity index (χ2n) is 6.43. The number of carbonyl (C=O) groups is 1. The molecule has 2 N–H and O–H groups in total. The van der Waals surface area contributed by atoms with Gasteiger partial charge >= 0.3 is 5.97 Å². The fourth-order valence-corrected chi connectivity index (χ4v) is 2.81. The van der Waals surface area contributed by atoms with Crippen molar-refractivity contribution in [2.75, 3.05) is 6.61 Å². The number of carboxylic acids is 1. The minimum absolute atomic E-state index is 0.0524. The number of aryl methyl sites for hydroxylation is 1. The van der Waals surface area contributed by atoms with Gasteiger partial charge in [-0.1, -0.05) is 20.8 Å². The van der Waals surface area contributed by atoms with Gasteiger partial charge in [0.25, 0.3) is 0 Å². The van der Waals surface area contributed by atoms with Crippen molar-refractivity contribution >= 4 is 17.0 Å². The predicted octanol–water partition coefficient (Wildman–Crippen LogP) is 3.01. The summed E-state index contributed by atoms with van der Waals surface area (Å²) in [7, 11) is 0. The van der Waals surface area contributed by atoms with Crippen LogP contribution in [0, 0.1) is 12.3 Å². The van der Waals surface area contributed by atoms with Crippen LogP contribution in [0.2, 0.25) is 0 Å². The number of aliphatic hydroxyl groups is 1. The SMILES string of the molecule is Cc1nc2ccc(C(=O)O)cc2n1C(CCO)C(C)(C)C. The van der Waals surface area contributed by atoms with E-state index >= 15 is 0 Å². The zero-order valence-electron chi connectivity index (χ0n) is 12.9. The number of benzene rings is 1. The van der Waals surface area contributed by atoms with Gasteiger partial charge in [0.15, 0.2) is 0 Å². The molecule has 0 aliphatic carbocycles. The summed E-state index contributed by atoms with van der Waals surface area (Å²) in [6.07, 6.45) is 0.604. The Balaban J connectivity index is 2.68. The van der Waals surface area contributed by atoms with Gasteiger partial charge in [-0.25, -0.2) is 9.78 Å². The number of carboxylic acid groups (broad SMARTS) is 1. The molecule has 5 heteroatoms. The van der Waals surface area contributed by atoms with Gasteiger partial charge in [0.1, 0.15) is 5.82 Å². The molecule has 1 heterocycles. The van der Waals surface area contributed by atoms with Crippen molar-refractivity contribution in [2.45, 2.75) is 40.2 Å². The number of hydrogen-bond donors (Lipinski definition) is 2. The highest BCUT2D eigenvalue weighted by Crippen LogP contribution is 2.36. The van der Waals surface area contributed by atoms with Crippen molar-refractivity contribution in [1.29, 1.82) is 0 Å². The molecule has 0 spiro atoms. The molecule has 1 atom stereocenters. The third kappa shape index (κ3) is 2.93. The van der Waals surface area contributed by atoms with E-state index in [0.29, 0.717) is 6.42 Å². The fraction of sp³-hybridized carbons (Fsp3) is 0.500. The Morgan fingerprint density at radius 3 is 2.57 bits per heavy atom. The molecular weight excluding hydrogens is 268 g/mol. The number of hydrogen-bond acceptors (Lipinski definition) is 3. The fourth-order valence-electron chi connectivity index (χ4n) is 2.81. The monoisotopic (exact) mass is 290 g/mol. The van der Waals surface area contributed by atoms with Crippen molar-refractivity contribution in [3.05, 3.63) is 29.6 Å². The first-order chi connectivity index (χ1) is 9.75. The van der Waals surface area contributed by atoms with Crippen LogP contribution in [0.4, 0.5) is 0 Å². The van der Waals surface area contributed by atoms with E-state index in [1.165, 1.54) is 0 Å². The van der Waals surface area contributed by atoms with E-state index in [9.17, 15) is 15.0 Å². The zero-order chi connectivity index (χ0) is 15.8. The molecule has 5 nitrogen and oxygen atoms in total. The van der Waals surface area contributed by atoms with Crippen LogP contribution in [-0.2, 0) is 0 Å². The summed E-state index contributed by atoms with van der Waals surface area (Å²) in [4.78, 5) is 15.7. The van der Waals surface area contributed by atoms with Crippen molar-refractivity contribution in [1.82, 2.24) is 9.55 Å². The number of nitrogens with zero attached hydrogens (tertiary/aromatic N) is 2. The van der Waals surface area contributed by atoms with Crippen LogP contribution in [0.15, 0.2) is 18.2 Å². The highest BCUT2D eigenvalue weighted by atomic mass is 16.4. The average molecular weight is 290 g/mol. The van der Waals surface area contributed by atoms with E-state index < -0.39 is 5.97 Å². The molecule has 1 aromatic heterocycles. The molecule has 0 aliphatic rings. The van der Waals surface area contributed by atoms with E-state index in [-0.39, 0.29) is 23.6 Å². The highest BCUT2D eigenvalue weighted by molar-refractivity contribution is 5.92. The summed E-state index contributed by atoms with van der Waals surface area (Å²) in [5.74, 6) is -0.113. The van der Waals surface area contributed by atoms with Crippen LogP contribution in [0.25, 0.3) is 11.0 Å². The van der Waals surface area contributed by atoms with E-state index in [2.05, 4.69) is 30.3 Å². The Bertz CT molecular complexity index is 668.